The van der Waals surface area contributed by atoms with Crippen LogP contribution >= 0.6 is 0 Å². The smallest absolute Gasteiger partial charge is 0.408 e. The third-order valence-corrected chi connectivity index (χ3v) is 3.53. The zero-order chi connectivity index (χ0) is 18.7. The number of amides is 2. The molecule has 3 rings (SSSR count). The van der Waals surface area contributed by atoms with Crippen molar-refractivity contribution in [3.63, 3.8) is 0 Å². The first-order valence-electron chi connectivity index (χ1n) is 7.38. The first-order chi connectivity index (χ1) is 12.5. The van der Waals surface area contributed by atoms with Crippen LogP contribution in [0.1, 0.15) is 10.4 Å². The minimum absolute atomic E-state index is 0.127. The second kappa shape index (κ2) is 6.89. The molecule has 10 heteroatoms. The summed E-state index contributed by atoms with van der Waals surface area (Å²) in [6.07, 6.45) is 0. The fourth-order valence-corrected chi connectivity index (χ4v) is 2.28. The molecule has 0 unspecified atom stereocenters. The lowest BCUT2D eigenvalue weighted by atomic mass is 10.2. The summed E-state index contributed by atoms with van der Waals surface area (Å²) in [5, 5.41) is 10.6. The second-order valence-electron chi connectivity index (χ2n) is 5.23. The van der Waals surface area contributed by atoms with Crippen LogP contribution in [0.3, 0.4) is 0 Å². The molecule has 0 bridgehead atoms. The Morgan fingerprint density at radius 3 is 2.46 bits per heavy atom. The SMILES string of the molecule is O=C(Cn1c(=O)oc2ccccc21)NNC(=O)c1ccc([N+](=O)[O-])cc1. The number of hydrogen-bond acceptors (Lipinski definition) is 6. The van der Waals surface area contributed by atoms with E-state index in [-0.39, 0.29) is 17.8 Å². The lowest BCUT2D eigenvalue weighted by Gasteiger charge is -2.07. The highest BCUT2D eigenvalue weighted by atomic mass is 16.6. The van der Waals surface area contributed by atoms with Crippen LogP contribution in [0, 0.1) is 10.1 Å². The normalized spacial score (nSPS) is 10.5. The summed E-state index contributed by atoms with van der Waals surface area (Å²) in [7, 11) is 0. The van der Waals surface area contributed by atoms with Gasteiger partial charge in [-0.1, -0.05) is 12.1 Å². The van der Waals surface area contributed by atoms with E-state index in [2.05, 4.69) is 10.9 Å². The van der Waals surface area contributed by atoms with Crippen molar-refractivity contribution in [2.24, 2.45) is 0 Å². The minimum Gasteiger partial charge on any atom is -0.408 e. The van der Waals surface area contributed by atoms with Gasteiger partial charge in [0.1, 0.15) is 6.54 Å². The van der Waals surface area contributed by atoms with Gasteiger partial charge in [-0.3, -0.25) is 35.1 Å². The summed E-state index contributed by atoms with van der Waals surface area (Å²) in [5.74, 6) is -1.99. The van der Waals surface area contributed by atoms with Gasteiger partial charge < -0.3 is 4.42 Å². The summed E-state index contributed by atoms with van der Waals surface area (Å²) < 4.78 is 6.14. The molecular formula is C16H12N4O6. The molecule has 2 N–H and O–H groups in total. The molecule has 0 fully saturated rings. The Morgan fingerprint density at radius 1 is 1.08 bits per heavy atom. The minimum atomic E-state index is -0.692. The maximum atomic E-state index is 12.0. The van der Waals surface area contributed by atoms with Gasteiger partial charge in [-0.2, -0.15) is 0 Å². The van der Waals surface area contributed by atoms with Crippen molar-refractivity contribution >= 4 is 28.6 Å². The van der Waals surface area contributed by atoms with Crippen LogP contribution < -0.4 is 16.6 Å². The lowest BCUT2D eigenvalue weighted by molar-refractivity contribution is -0.384. The molecule has 3 aromatic rings. The van der Waals surface area contributed by atoms with E-state index in [1.54, 1.807) is 24.3 Å². The number of hydrogen-bond donors (Lipinski definition) is 2. The summed E-state index contributed by atoms with van der Waals surface area (Å²) in [4.78, 5) is 45.7. The molecule has 0 saturated carbocycles. The number of aromatic nitrogens is 1. The Morgan fingerprint density at radius 2 is 1.77 bits per heavy atom. The van der Waals surface area contributed by atoms with Gasteiger partial charge in [0.25, 0.3) is 17.5 Å². The number of nitro benzene ring substituents is 1. The molecule has 0 saturated heterocycles. The number of rotatable bonds is 4. The Labute approximate surface area is 145 Å². The van der Waals surface area contributed by atoms with Crippen molar-refractivity contribution in [3.05, 3.63) is 74.8 Å². The second-order valence-corrected chi connectivity index (χ2v) is 5.23. The average Bonchev–Trinajstić information content (AvgIpc) is 2.95. The molecule has 26 heavy (non-hydrogen) atoms. The molecule has 0 spiro atoms. The molecule has 0 aliphatic carbocycles. The first kappa shape index (κ1) is 16.9. The van der Waals surface area contributed by atoms with E-state index in [4.69, 9.17) is 4.42 Å². The molecule has 132 valence electrons. The number of benzene rings is 2. The monoisotopic (exact) mass is 356 g/mol. The van der Waals surface area contributed by atoms with Gasteiger partial charge in [-0.25, -0.2) is 4.79 Å². The molecule has 1 heterocycles. The standard InChI is InChI=1S/C16H12N4O6/c21-14(9-19-12-3-1-2-4-13(12)26-16(19)23)17-18-15(22)10-5-7-11(8-6-10)20(24)25/h1-8H,9H2,(H,17,21)(H,18,22). The average molecular weight is 356 g/mol. The van der Waals surface area contributed by atoms with Crippen molar-refractivity contribution < 1.29 is 18.9 Å². The molecule has 1 aromatic heterocycles. The van der Waals surface area contributed by atoms with E-state index in [1.165, 1.54) is 24.3 Å². The summed E-state index contributed by atoms with van der Waals surface area (Å²) in [5.41, 5.74) is 5.12. The third-order valence-electron chi connectivity index (χ3n) is 3.53. The highest BCUT2D eigenvalue weighted by Gasteiger charge is 2.14. The van der Waals surface area contributed by atoms with E-state index in [1.807, 2.05) is 0 Å². The maximum absolute atomic E-state index is 12.0. The van der Waals surface area contributed by atoms with E-state index < -0.39 is 22.5 Å². The summed E-state index contributed by atoms with van der Waals surface area (Å²) >= 11 is 0. The fraction of sp³-hybridized carbons (Fsp3) is 0.0625. The highest BCUT2D eigenvalue weighted by Crippen LogP contribution is 2.12. The Bertz CT molecular complexity index is 1050. The van der Waals surface area contributed by atoms with E-state index in [0.29, 0.717) is 11.1 Å². The molecule has 0 aliphatic rings. The predicted molar refractivity (Wildman–Crippen MR) is 89.2 cm³/mol. The van der Waals surface area contributed by atoms with Crippen molar-refractivity contribution in [1.82, 2.24) is 15.4 Å². The number of carbonyl (C=O) groups is 2. The first-order valence-corrected chi connectivity index (χ1v) is 7.38. The highest BCUT2D eigenvalue weighted by molar-refractivity contribution is 5.95. The van der Waals surface area contributed by atoms with Crippen LogP contribution in [0.15, 0.2) is 57.7 Å². The maximum Gasteiger partial charge on any atom is 0.420 e. The van der Waals surface area contributed by atoms with Crippen molar-refractivity contribution in [3.8, 4) is 0 Å². The number of fused-ring (bicyclic) bond motifs is 1. The van der Waals surface area contributed by atoms with Crippen LogP contribution in [0.4, 0.5) is 5.69 Å². The van der Waals surface area contributed by atoms with Gasteiger partial charge in [0.2, 0.25) is 0 Å². The van der Waals surface area contributed by atoms with Crippen molar-refractivity contribution in [2.75, 3.05) is 0 Å². The van der Waals surface area contributed by atoms with Crippen LogP contribution in [-0.2, 0) is 11.3 Å². The summed E-state index contributed by atoms with van der Waals surface area (Å²) in [6.45, 7) is -0.351. The zero-order valence-corrected chi connectivity index (χ0v) is 13.2. The molecule has 0 aliphatic heterocycles. The number of para-hydroxylation sites is 2. The van der Waals surface area contributed by atoms with Gasteiger partial charge >= 0.3 is 5.76 Å². The number of hydrazine groups is 1. The molecule has 10 nitrogen and oxygen atoms in total. The van der Waals surface area contributed by atoms with Crippen LogP contribution in [0.2, 0.25) is 0 Å². The number of carbonyl (C=O) groups excluding carboxylic acids is 2. The van der Waals surface area contributed by atoms with Crippen molar-refractivity contribution in [2.45, 2.75) is 6.54 Å². The molecule has 0 radical (unpaired) electrons. The third kappa shape index (κ3) is 3.43. The van der Waals surface area contributed by atoms with Crippen LogP contribution in [0.5, 0.6) is 0 Å². The van der Waals surface area contributed by atoms with Gasteiger partial charge in [0.05, 0.1) is 10.4 Å². The Kier molecular flexibility index (Phi) is 4.48. The number of nitrogens with zero attached hydrogens (tertiary/aromatic N) is 2. The number of oxazole rings is 1. The van der Waals surface area contributed by atoms with E-state index in [9.17, 15) is 24.5 Å². The number of nitro groups is 1. The zero-order valence-electron chi connectivity index (χ0n) is 13.2. The van der Waals surface area contributed by atoms with Gasteiger partial charge in [0.15, 0.2) is 5.58 Å². The quantitative estimate of drug-likeness (QED) is 0.528. The number of nitrogens with one attached hydrogen (secondary N) is 2. The van der Waals surface area contributed by atoms with E-state index >= 15 is 0 Å². The predicted octanol–water partition coefficient (Wildman–Crippen LogP) is 0.964. The molecule has 2 aromatic carbocycles. The molecule has 2 amide bonds. The van der Waals surface area contributed by atoms with Gasteiger partial charge in [-0.05, 0) is 24.3 Å². The van der Waals surface area contributed by atoms with E-state index in [0.717, 1.165) is 4.57 Å². The molecular weight excluding hydrogens is 344 g/mol. The molecule has 0 atom stereocenters. The topological polar surface area (TPSA) is 136 Å². The number of non-ortho nitro benzene ring substituents is 1. The Hall–Kier alpha value is -3.95. The lowest BCUT2D eigenvalue weighted by Crippen LogP contribution is -2.43. The fourth-order valence-electron chi connectivity index (χ4n) is 2.28. The summed E-state index contributed by atoms with van der Waals surface area (Å²) in [6, 6.07) is 11.5. The Balaban J connectivity index is 1.63. The van der Waals surface area contributed by atoms with Gasteiger partial charge in [-0.15, -0.1) is 0 Å². The largest absolute Gasteiger partial charge is 0.420 e. The van der Waals surface area contributed by atoms with Gasteiger partial charge in [0, 0.05) is 17.7 Å². The van der Waals surface area contributed by atoms with Crippen molar-refractivity contribution in [1.29, 1.82) is 0 Å². The van der Waals surface area contributed by atoms with Crippen LogP contribution in [0.25, 0.3) is 11.1 Å². The van der Waals surface area contributed by atoms with Crippen LogP contribution in [-0.4, -0.2) is 21.3 Å².